The summed E-state index contributed by atoms with van der Waals surface area (Å²) in [5.41, 5.74) is 10.0. The summed E-state index contributed by atoms with van der Waals surface area (Å²) in [6, 6.07) is 16.3. The Morgan fingerprint density at radius 2 is 1.96 bits per heavy atom. The van der Waals surface area contributed by atoms with Crippen LogP contribution in [0.5, 0.6) is 0 Å². The van der Waals surface area contributed by atoms with Crippen LogP contribution in [0.2, 0.25) is 0 Å². The molecule has 0 bridgehead atoms. The average Bonchev–Trinajstić information content (AvgIpc) is 2.99. The number of hydrogen-bond donors (Lipinski definition) is 2. The van der Waals surface area contributed by atoms with Gasteiger partial charge in [-0.25, -0.2) is 0 Å². The maximum absolute atomic E-state index is 9.41. The van der Waals surface area contributed by atoms with Crippen LogP contribution in [0.25, 0.3) is 22.0 Å². The summed E-state index contributed by atoms with van der Waals surface area (Å²) in [6.45, 7) is 4.79. The van der Waals surface area contributed by atoms with Crippen LogP contribution in [0.1, 0.15) is 19.4 Å². The van der Waals surface area contributed by atoms with Crippen LogP contribution in [0.3, 0.4) is 0 Å². The number of fused-ring (bicyclic) bond motifs is 1. The lowest BCUT2D eigenvalue weighted by atomic mass is 10.0. The second-order valence-corrected chi connectivity index (χ2v) is 7.09. The van der Waals surface area contributed by atoms with Crippen LogP contribution >= 0.6 is 12.2 Å². The summed E-state index contributed by atoms with van der Waals surface area (Å²) in [4.78, 5) is 0.399. The molecule has 0 amide bonds. The fourth-order valence-corrected chi connectivity index (χ4v) is 3.23. The Morgan fingerprint density at radius 1 is 1.19 bits per heavy atom. The van der Waals surface area contributed by atoms with Gasteiger partial charge >= 0.3 is 0 Å². The molecule has 2 aromatic carbocycles. The van der Waals surface area contributed by atoms with E-state index in [-0.39, 0.29) is 6.10 Å². The van der Waals surface area contributed by atoms with Crippen LogP contribution in [0.4, 0.5) is 0 Å². The van der Waals surface area contributed by atoms with Crippen molar-refractivity contribution in [1.29, 1.82) is 0 Å². The largest absolute Gasteiger partial charge is 0.391 e. The highest BCUT2D eigenvalue weighted by Crippen LogP contribution is 2.31. The molecule has 0 spiro atoms. The van der Waals surface area contributed by atoms with Gasteiger partial charge in [0.25, 0.3) is 0 Å². The standard InChI is InChI=1S/C21H24N2O2S/c1-14(24)13-25-15(2)11-23-12-19(18-8-3-4-9-20(18)23)16-6-5-7-17(10-16)21(22)26/h3-10,12,14-15,24H,11,13H2,1-2H3,(H2,22,26). The fourth-order valence-electron chi connectivity index (χ4n) is 3.10. The van der Waals surface area contributed by atoms with E-state index in [1.807, 2.05) is 37.3 Å². The molecule has 0 aliphatic carbocycles. The Kier molecular flexibility index (Phi) is 5.71. The summed E-state index contributed by atoms with van der Waals surface area (Å²) in [5, 5.41) is 10.6. The molecule has 2 unspecified atom stereocenters. The van der Waals surface area contributed by atoms with E-state index in [9.17, 15) is 5.11 Å². The zero-order chi connectivity index (χ0) is 18.7. The van der Waals surface area contributed by atoms with E-state index in [2.05, 4.69) is 29.0 Å². The maximum Gasteiger partial charge on any atom is 0.104 e. The van der Waals surface area contributed by atoms with Gasteiger partial charge in [-0.05, 0) is 31.5 Å². The lowest BCUT2D eigenvalue weighted by Gasteiger charge is -2.15. The number of thiocarbonyl (C=S) groups is 1. The van der Waals surface area contributed by atoms with Crippen LogP contribution in [-0.2, 0) is 11.3 Å². The second-order valence-electron chi connectivity index (χ2n) is 6.65. The number of benzene rings is 2. The van der Waals surface area contributed by atoms with Crippen molar-refractivity contribution in [2.75, 3.05) is 6.61 Å². The molecule has 2 atom stereocenters. The summed E-state index contributed by atoms with van der Waals surface area (Å²) in [6.07, 6.45) is 1.68. The molecule has 0 aliphatic rings. The summed E-state index contributed by atoms with van der Waals surface area (Å²) >= 11 is 5.12. The first kappa shape index (κ1) is 18.6. The van der Waals surface area contributed by atoms with Crippen molar-refractivity contribution in [2.24, 2.45) is 5.73 Å². The van der Waals surface area contributed by atoms with Gasteiger partial charge in [-0.2, -0.15) is 0 Å². The summed E-state index contributed by atoms with van der Waals surface area (Å²) in [5.74, 6) is 0. The predicted molar refractivity (Wildman–Crippen MR) is 110 cm³/mol. The lowest BCUT2D eigenvalue weighted by molar-refractivity contribution is -0.000857. The van der Waals surface area contributed by atoms with Gasteiger partial charge in [0, 0.05) is 34.8 Å². The molecule has 0 saturated heterocycles. The summed E-state index contributed by atoms with van der Waals surface area (Å²) < 4.78 is 7.92. The zero-order valence-corrected chi connectivity index (χ0v) is 15.9. The first-order chi connectivity index (χ1) is 12.5. The van der Waals surface area contributed by atoms with Gasteiger partial charge in [0.05, 0.1) is 18.8 Å². The lowest BCUT2D eigenvalue weighted by Crippen LogP contribution is -2.21. The molecule has 1 aromatic heterocycles. The smallest absolute Gasteiger partial charge is 0.104 e. The van der Waals surface area contributed by atoms with Gasteiger partial charge in [-0.1, -0.05) is 48.6 Å². The first-order valence-electron chi connectivity index (χ1n) is 8.73. The molecular formula is C21H24N2O2S. The molecule has 0 saturated carbocycles. The second kappa shape index (κ2) is 7.99. The molecule has 3 rings (SSSR count). The molecule has 26 heavy (non-hydrogen) atoms. The Balaban J connectivity index is 1.97. The average molecular weight is 369 g/mol. The maximum atomic E-state index is 9.41. The minimum absolute atomic E-state index is 0.00351. The first-order valence-corrected chi connectivity index (χ1v) is 9.14. The third-order valence-electron chi connectivity index (χ3n) is 4.32. The number of aromatic nitrogens is 1. The molecule has 4 nitrogen and oxygen atoms in total. The quantitative estimate of drug-likeness (QED) is 0.624. The van der Waals surface area contributed by atoms with Gasteiger partial charge in [-0.3, -0.25) is 0 Å². The van der Waals surface area contributed by atoms with Crippen molar-refractivity contribution >= 4 is 28.1 Å². The normalized spacial score (nSPS) is 13.7. The third kappa shape index (κ3) is 4.12. The fraction of sp³-hybridized carbons (Fsp3) is 0.286. The minimum atomic E-state index is -0.461. The van der Waals surface area contributed by atoms with E-state index >= 15 is 0 Å². The van der Waals surface area contributed by atoms with Crippen LogP contribution in [0.15, 0.2) is 54.7 Å². The number of ether oxygens (including phenoxy) is 1. The molecule has 1 heterocycles. The van der Waals surface area contributed by atoms with Crippen LogP contribution in [-0.4, -0.2) is 33.5 Å². The number of nitrogens with zero attached hydrogens (tertiary/aromatic N) is 1. The summed E-state index contributed by atoms with van der Waals surface area (Å²) in [7, 11) is 0. The van der Waals surface area contributed by atoms with E-state index in [1.54, 1.807) is 6.92 Å². The van der Waals surface area contributed by atoms with Crippen molar-refractivity contribution in [2.45, 2.75) is 32.6 Å². The van der Waals surface area contributed by atoms with E-state index < -0.39 is 6.10 Å². The highest BCUT2D eigenvalue weighted by atomic mass is 32.1. The number of aliphatic hydroxyl groups is 1. The van der Waals surface area contributed by atoms with Gasteiger partial charge in [0.1, 0.15) is 4.99 Å². The Labute approximate surface area is 159 Å². The number of hydrogen-bond acceptors (Lipinski definition) is 3. The highest BCUT2D eigenvalue weighted by molar-refractivity contribution is 7.80. The number of aliphatic hydroxyl groups excluding tert-OH is 1. The van der Waals surface area contributed by atoms with E-state index in [0.29, 0.717) is 18.1 Å². The van der Waals surface area contributed by atoms with Gasteiger partial charge in [0.2, 0.25) is 0 Å². The molecule has 3 aromatic rings. The van der Waals surface area contributed by atoms with Gasteiger partial charge in [0.15, 0.2) is 0 Å². The van der Waals surface area contributed by atoms with E-state index in [1.165, 1.54) is 5.39 Å². The molecule has 0 radical (unpaired) electrons. The topological polar surface area (TPSA) is 60.4 Å². The van der Waals surface area contributed by atoms with Crippen LogP contribution in [0, 0.1) is 0 Å². The Bertz CT molecular complexity index is 917. The molecule has 136 valence electrons. The van der Waals surface area contributed by atoms with Crippen molar-refractivity contribution < 1.29 is 9.84 Å². The minimum Gasteiger partial charge on any atom is -0.391 e. The predicted octanol–water partition coefficient (Wildman–Crippen LogP) is 3.73. The molecule has 5 heteroatoms. The highest BCUT2D eigenvalue weighted by Gasteiger charge is 2.13. The van der Waals surface area contributed by atoms with Crippen LogP contribution < -0.4 is 5.73 Å². The van der Waals surface area contributed by atoms with Crippen molar-refractivity contribution in [1.82, 2.24) is 4.57 Å². The van der Waals surface area contributed by atoms with E-state index in [0.717, 1.165) is 22.2 Å². The van der Waals surface area contributed by atoms with Crippen molar-refractivity contribution in [3.05, 3.63) is 60.3 Å². The zero-order valence-electron chi connectivity index (χ0n) is 15.1. The molecular weight excluding hydrogens is 344 g/mol. The number of nitrogens with two attached hydrogens (primary N) is 1. The monoisotopic (exact) mass is 368 g/mol. The molecule has 3 N–H and O–H groups in total. The van der Waals surface area contributed by atoms with Gasteiger partial charge in [-0.15, -0.1) is 0 Å². The van der Waals surface area contributed by atoms with Crippen molar-refractivity contribution in [3.8, 4) is 11.1 Å². The molecule has 0 aliphatic heterocycles. The van der Waals surface area contributed by atoms with Crippen molar-refractivity contribution in [3.63, 3.8) is 0 Å². The molecule has 0 fully saturated rings. The Hall–Kier alpha value is -2.21. The number of para-hydroxylation sites is 1. The SMILES string of the molecule is CC(O)COC(C)Cn1cc(-c2cccc(C(N)=S)c2)c2ccccc21. The number of rotatable bonds is 7. The Morgan fingerprint density at radius 3 is 2.69 bits per heavy atom. The van der Waals surface area contributed by atoms with Gasteiger partial charge < -0.3 is 20.1 Å². The van der Waals surface area contributed by atoms with E-state index in [4.69, 9.17) is 22.7 Å². The third-order valence-corrected chi connectivity index (χ3v) is 4.56.